The maximum absolute atomic E-state index is 11.5. The minimum absolute atomic E-state index is 0.112. The van der Waals surface area contributed by atoms with E-state index >= 15 is 0 Å². The van der Waals surface area contributed by atoms with Gasteiger partial charge in [-0.15, -0.1) is 0 Å². The quantitative estimate of drug-likeness (QED) is 0.179. The summed E-state index contributed by atoms with van der Waals surface area (Å²) in [5, 5.41) is 16.2. The number of hydrogen-bond donors (Lipinski definition) is 5. The van der Waals surface area contributed by atoms with Gasteiger partial charge in [0, 0.05) is 13.1 Å². The Bertz CT molecular complexity index is 429. The van der Waals surface area contributed by atoms with Crippen LogP contribution in [0.3, 0.4) is 0 Å². The summed E-state index contributed by atoms with van der Waals surface area (Å²) >= 11 is 0. The fraction of sp³-hybridized carbons (Fsp3) is 0.714. The van der Waals surface area contributed by atoms with Crippen molar-refractivity contribution >= 4 is 23.7 Å². The average molecular weight is 346 g/mol. The van der Waals surface area contributed by atoms with E-state index in [2.05, 4.69) is 16.0 Å². The molecule has 0 fully saturated rings. The van der Waals surface area contributed by atoms with Crippen LogP contribution in [0.4, 0.5) is 0 Å². The molecular weight excluding hydrogens is 320 g/mol. The highest BCUT2D eigenvalue weighted by atomic mass is 16.5. The predicted molar refractivity (Wildman–Crippen MR) is 85.0 cm³/mol. The number of nitrogens with one attached hydrogen (secondary N) is 3. The molecule has 6 N–H and O–H groups in total. The van der Waals surface area contributed by atoms with Crippen molar-refractivity contribution in [1.82, 2.24) is 16.0 Å². The van der Waals surface area contributed by atoms with Gasteiger partial charge < -0.3 is 31.5 Å². The van der Waals surface area contributed by atoms with Crippen LogP contribution in [0.2, 0.25) is 0 Å². The molecule has 0 bridgehead atoms. The van der Waals surface area contributed by atoms with E-state index in [0.717, 1.165) is 6.42 Å². The molecule has 138 valence electrons. The number of carbonyl (C=O) groups is 4. The fourth-order valence-electron chi connectivity index (χ4n) is 1.81. The van der Waals surface area contributed by atoms with E-state index in [1.54, 1.807) is 7.05 Å². The molecule has 0 saturated heterocycles. The van der Waals surface area contributed by atoms with Crippen LogP contribution >= 0.6 is 0 Å². The predicted octanol–water partition coefficient (Wildman–Crippen LogP) is -2.05. The number of unbranched alkanes of at least 4 members (excludes halogenated alkanes) is 1. The van der Waals surface area contributed by atoms with Gasteiger partial charge >= 0.3 is 5.97 Å². The first kappa shape index (κ1) is 21.8. The Kier molecular flexibility index (Phi) is 12.0. The third kappa shape index (κ3) is 12.4. The van der Waals surface area contributed by atoms with Gasteiger partial charge in [0.15, 0.2) is 0 Å². The molecule has 10 heteroatoms. The molecule has 3 amide bonds. The maximum Gasteiger partial charge on any atom is 0.312 e. The zero-order valence-electron chi connectivity index (χ0n) is 13.8. The zero-order valence-corrected chi connectivity index (χ0v) is 13.8. The highest BCUT2D eigenvalue weighted by Gasteiger charge is 2.11. The lowest BCUT2D eigenvalue weighted by molar-refractivity contribution is -0.140. The number of carboxylic acid groups (broad SMARTS) is 1. The van der Waals surface area contributed by atoms with Crippen LogP contribution in [0, 0.1) is 0 Å². The molecule has 0 aromatic rings. The largest absolute Gasteiger partial charge is 0.481 e. The van der Waals surface area contributed by atoms with E-state index in [1.165, 1.54) is 0 Å². The van der Waals surface area contributed by atoms with Crippen molar-refractivity contribution in [3.8, 4) is 0 Å². The number of hydrogen-bond acceptors (Lipinski definition) is 6. The Labute approximate surface area is 140 Å². The van der Waals surface area contributed by atoms with Gasteiger partial charge in [-0.25, -0.2) is 0 Å². The topological polar surface area (TPSA) is 160 Å². The molecule has 0 aliphatic carbocycles. The molecule has 0 heterocycles. The van der Waals surface area contributed by atoms with Gasteiger partial charge in [-0.2, -0.15) is 0 Å². The molecule has 0 saturated carbocycles. The van der Waals surface area contributed by atoms with Crippen LogP contribution in [0.15, 0.2) is 0 Å². The second-order valence-electron chi connectivity index (χ2n) is 5.06. The Balaban J connectivity index is 3.52. The summed E-state index contributed by atoms with van der Waals surface area (Å²) in [5.41, 5.74) is 5.19. The molecule has 24 heavy (non-hydrogen) atoms. The SMILES string of the molecule is CNC(CCCCNC(=O)COCCNC(=O)CC(=O)O)C(N)=O. The molecule has 0 radical (unpaired) electrons. The second-order valence-corrected chi connectivity index (χ2v) is 5.06. The van der Waals surface area contributed by atoms with Crippen molar-refractivity contribution in [3.63, 3.8) is 0 Å². The molecule has 0 aromatic heterocycles. The first-order valence-electron chi connectivity index (χ1n) is 7.66. The van der Waals surface area contributed by atoms with Crippen LogP contribution in [-0.4, -0.2) is 68.2 Å². The molecule has 0 aromatic carbocycles. The van der Waals surface area contributed by atoms with Crippen LogP contribution in [0.5, 0.6) is 0 Å². The average Bonchev–Trinajstić information content (AvgIpc) is 2.49. The van der Waals surface area contributed by atoms with Crippen molar-refractivity contribution in [3.05, 3.63) is 0 Å². The van der Waals surface area contributed by atoms with E-state index in [1.807, 2.05) is 0 Å². The van der Waals surface area contributed by atoms with E-state index in [4.69, 9.17) is 15.6 Å². The number of nitrogens with two attached hydrogens (primary N) is 1. The van der Waals surface area contributed by atoms with Crippen molar-refractivity contribution in [1.29, 1.82) is 0 Å². The van der Waals surface area contributed by atoms with Crippen LogP contribution in [0.25, 0.3) is 0 Å². The number of carboxylic acids is 1. The van der Waals surface area contributed by atoms with Crippen LogP contribution < -0.4 is 21.7 Å². The Hall–Kier alpha value is -2.20. The minimum Gasteiger partial charge on any atom is -0.481 e. The molecule has 0 aliphatic rings. The van der Waals surface area contributed by atoms with Gasteiger partial charge in [-0.3, -0.25) is 19.2 Å². The molecule has 1 atom stereocenters. The third-order valence-corrected chi connectivity index (χ3v) is 3.05. The van der Waals surface area contributed by atoms with Crippen LogP contribution in [0.1, 0.15) is 25.7 Å². The normalized spacial score (nSPS) is 11.5. The lowest BCUT2D eigenvalue weighted by Gasteiger charge is -2.11. The number of ether oxygens (including phenoxy) is 1. The van der Waals surface area contributed by atoms with E-state index < -0.39 is 24.2 Å². The van der Waals surface area contributed by atoms with Gasteiger partial charge in [-0.1, -0.05) is 0 Å². The Morgan fingerprint density at radius 3 is 2.33 bits per heavy atom. The van der Waals surface area contributed by atoms with Gasteiger partial charge in [0.25, 0.3) is 0 Å². The van der Waals surface area contributed by atoms with Gasteiger partial charge in [0.2, 0.25) is 17.7 Å². The molecule has 0 aliphatic heterocycles. The highest BCUT2D eigenvalue weighted by molar-refractivity contribution is 5.93. The number of primary amides is 1. The lowest BCUT2D eigenvalue weighted by atomic mass is 10.1. The summed E-state index contributed by atoms with van der Waals surface area (Å²) < 4.78 is 5.05. The molecule has 10 nitrogen and oxygen atoms in total. The van der Waals surface area contributed by atoms with Gasteiger partial charge in [-0.05, 0) is 26.3 Å². The van der Waals surface area contributed by atoms with Crippen LogP contribution in [-0.2, 0) is 23.9 Å². The summed E-state index contributed by atoms with van der Waals surface area (Å²) in [4.78, 5) is 43.7. The summed E-state index contributed by atoms with van der Waals surface area (Å²) in [6, 6.07) is -0.361. The summed E-state index contributed by atoms with van der Waals surface area (Å²) in [7, 11) is 1.67. The third-order valence-electron chi connectivity index (χ3n) is 3.05. The molecule has 0 rings (SSSR count). The molecular formula is C14H26N4O6. The Morgan fingerprint density at radius 2 is 1.75 bits per heavy atom. The number of likely N-dealkylation sites (N-methyl/N-ethyl adjacent to an activating group) is 1. The molecule has 0 spiro atoms. The number of aliphatic carboxylic acids is 1. The number of carbonyl (C=O) groups excluding carboxylic acids is 3. The maximum atomic E-state index is 11.5. The van der Waals surface area contributed by atoms with E-state index in [9.17, 15) is 19.2 Å². The lowest BCUT2D eigenvalue weighted by Crippen LogP contribution is -2.39. The zero-order chi connectivity index (χ0) is 18.4. The smallest absolute Gasteiger partial charge is 0.312 e. The van der Waals surface area contributed by atoms with Gasteiger partial charge in [0.1, 0.15) is 13.0 Å². The van der Waals surface area contributed by atoms with E-state index in [0.29, 0.717) is 19.4 Å². The second kappa shape index (κ2) is 13.3. The number of rotatable bonds is 14. The van der Waals surface area contributed by atoms with Crippen molar-refractivity contribution in [2.75, 3.05) is 33.4 Å². The summed E-state index contributed by atoms with van der Waals surface area (Å²) in [5.74, 6) is -2.49. The minimum atomic E-state index is -1.20. The first-order valence-corrected chi connectivity index (χ1v) is 7.66. The van der Waals surface area contributed by atoms with Crippen molar-refractivity contribution in [2.24, 2.45) is 5.73 Å². The first-order chi connectivity index (χ1) is 11.4. The standard InChI is InChI=1S/C14H26N4O6/c1-16-10(14(15)23)4-2-3-5-17-12(20)9-24-7-6-18-11(19)8-13(21)22/h10,16H,2-9H2,1H3,(H2,15,23)(H,17,20)(H,18,19)(H,21,22). The van der Waals surface area contributed by atoms with Crippen molar-refractivity contribution < 1.29 is 29.0 Å². The van der Waals surface area contributed by atoms with E-state index in [-0.39, 0.29) is 31.7 Å². The highest BCUT2D eigenvalue weighted by Crippen LogP contribution is 1.99. The summed E-state index contributed by atoms with van der Waals surface area (Å²) in [6.07, 6.45) is 1.46. The fourth-order valence-corrected chi connectivity index (χ4v) is 1.81. The van der Waals surface area contributed by atoms with Crippen molar-refractivity contribution in [2.45, 2.75) is 31.7 Å². The van der Waals surface area contributed by atoms with Gasteiger partial charge in [0.05, 0.1) is 12.6 Å². The molecule has 1 unspecified atom stereocenters. The monoisotopic (exact) mass is 346 g/mol. The Morgan fingerprint density at radius 1 is 1.08 bits per heavy atom. The summed E-state index contributed by atoms with van der Waals surface area (Å²) in [6.45, 7) is 0.571. The number of amides is 3.